The predicted molar refractivity (Wildman–Crippen MR) is 99.2 cm³/mol. The summed E-state index contributed by atoms with van der Waals surface area (Å²) < 4.78 is 0. The molecule has 2 nitrogen and oxygen atoms in total. The third kappa shape index (κ3) is 5.08. The fraction of sp³-hybridized carbons (Fsp3) is 0.278. The fourth-order valence-electron chi connectivity index (χ4n) is 2.01. The Balaban J connectivity index is 1.95. The monoisotopic (exact) mass is 332 g/mol. The molecule has 2 rings (SSSR count). The molecular weight excluding hydrogens is 312 g/mol. The largest absolute Gasteiger partial charge is 0.378 e. The van der Waals surface area contributed by atoms with E-state index in [2.05, 4.69) is 31.0 Å². The van der Waals surface area contributed by atoms with Gasteiger partial charge in [0, 0.05) is 10.8 Å². The zero-order valence-corrected chi connectivity index (χ0v) is 14.5. The van der Waals surface area contributed by atoms with E-state index in [0.717, 1.165) is 22.9 Å². The summed E-state index contributed by atoms with van der Waals surface area (Å²) in [6.45, 7) is 4.43. The number of benzene rings is 2. The highest BCUT2D eigenvalue weighted by molar-refractivity contribution is 8.13. The summed E-state index contributed by atoms with van der Waals surface area (Å²) in [6.07, 6.45) is 1.14. The predicted octanol–water partition coefficient (Wildman–Crippen LogP) is 5.73. The van der Waals surface area contributed by atoms with E-state index in [9.17, 15) is 0 Å². The first kappa shape index (κ1) is 16.9. The van der Waals surface area contributed by atoms with E-state index in [-0.39, 0.29) is 0 Å². The number of hydrogen-bond acceptors (Lipinski definition) is 2. The molecular formula is C18H21ClN2S. The minimum atomic E-state index is 0.575. The Labute approximate surface area is 141 Å². The van der Waals surface area contributed by atoms with Gasteiger partial charge in [-0.2, -0.15) is 0 Å². The van der Waals surface area contributed by atoms with Crippen molar-refractivity contribution in [3.05, 3.63) is 64.7 Å². The number of nitrogens with two attached hydrogens (primary N) is 1. The zero-order valence-electron chi connectivity index (χ0n) is 12.9. The second-order valence-electron chi connectivity index (χ2n) is 5.27. The van der Waals surface area contributed by atoms with Gasteiger partial charge in [0.05, 0.1) is 5.69 Å². The second kappa shape index (κ2) is 8.25. The van der Waals surface area contributed by atoms with Gasteiger partial charge < -0.3 is 5.73 Å². The van der Waals surface area contributed by atoms with Gasteiger partial charge in [-0.15, -0.1) is 0 Å². The van der Waals surface area contributed by atoms with Crippen LogP contribution in [0.4, 0.5) is 5.69 Å². The van der Waals surface area contributed by atoms with Gasteiger partial charge >= 0.3 is 0 Å². The van der Waals surface area contributed by atoms with Crippen LogP contribution in [0.15, 0.2) is 53.5 Å². The summed E-state index contributed by atoms with van der Waals surface area (Å²) in [5, 5.41) is 1.32. The van der Waals surface area contributed by atoms with E-state index in [4.69, 9.17) is 17.3 Å². The number of amidine groups is 1. The average Bonchev–Trinajstić information content (AvgIpc) is 2.54. The van der Waals surface area contributed by atoms with Crippen molar-refractivity contribution in [1.82, 2.24) is 0 Å². The summed E-state index contributed by atoms with van der Waals surface area (Å²) in [5.74, 6) is 1.37. The Morgan fingerprint density at radius 1 is 1.14 bits per heavy atom. The zero-order chi connectivity index (χ0) is 15.9. The van der Waals surface area contributed by atoms with Crippen LogP contribution in [0.25, 0.3) is 0 Å². The number of halogens is 1. The smallest absolute Gasteiger partial charge is 0.159 e. The maximum absolute atomic E-state index is 5.99. The molecule has 0 bridgehead atoms. The van der Waals surface area contributed by atoms with Crippen LogP contribution in [0.5, 0.6) is 0 Å². The molecule has 0 fully saturated rings. The van der Waals surface area contributed by atoms with Crippen molar-refractivity contribution >= 4 is 34.2 Å². The summed E-state index contributed by atoms with van der Waals surface area (Å²) in [7, 11) is 0. The molecule has 2 aromatic carbocycles. The van der Waals surface area contributed by atoms with E-state index >= 15 is 0 Å². The highest BCUT2D eigenvalue weighted by Crippen LogP contribution is 2.23. The van der Waals surface area contributed by atoms with Crippen molar-refractivity contribution in [2.75, 3.05) is 0 Å². The summed E-state index contributed by atoms with van der Waals surface area (Å²) in [6, 6.07) is 16.1. The quantitative estimate of drug-likeness (QED) is 0.560. The van der Waals surface area contributed by atoms with E-state index in [1.54, 1.807) is 0 Å². The van der Waals surface area contributed by atoms with Gasteiger partial charge in [0.25, 0.3) is 0 Å². The summed E-state index contributed by atoms with van der Waals surface area (Å²) in [4.78, 5) is 4.45. The number of aliphatic imine (C=N–C) groups is 1. The van der Waals surface area contributed by atoms with Crippen LogP contribution in [0.2, 0.25) is 5.02 Å². The molecule has 0 aliphatic rings. The highest BCUT2D eigenvalue weighted by atomic mass is 35.5. The van der Waals surface area contributed by atoms with Gasteiger partial charge in [0.2, 0.25) is 0 Å². The molecule has 0 aliphatic heterocycles. The van der Waals surface area contributed by atoms with Gasteiger partial charge in [0.15, 0.2) is 5.17 Å². The molecule has 0 saturated heterocycles. The SMILES string of the molecule is CC[C@H](C)c1ccc(N=C(N)SCc2ccc(Cl)cc2)cc1. The Bertz CT molecular complexity index is 621. The maximum atomic E-state index is 5.99. The minimum Gasteiger partial charge on any atom is -0.378 e. The molecule has 0 unspecified atom stereocenters. The fourth-order valence-corrected chi connectivity index (χ4v) is 2.81. The van der Waals surface area contributed by atoms with E-state index in [1.807, 2.05) is 36.4 Å². The molecule has 0 spiro atoms. The van der Waals surface area contributed by atoms with Crippen LogP contribution >= 0.6 is 23.4 Å². The van der Waals surface area contributed by atoms with Crippen LogP contribution in [-0.4, -0.2) is 5.17 Å². The Morgan fingerprint density at radius 2 is 1.77 bits per heavy atom. The molecule has 0 aliphatic carbocycles. The molecule has 0 aromatic heterocycles. The summed E-state index contributed by atoms with van der Waals surface area (Å²) in [5.41, 5.74) is 9.41. The number of thioether (sulfide) groups is 1. The van der Waals surface area contributed by atoms with Crippen molar-refractivity contribution < 1.29 is 0 Å². The molecule has 0 radical (unpaired) electrons. The van der Waals surface area contributed by atoms with Gasteiger partial charge in [-0.05, 0) is 47.7 Å². The molecule has 0 amide bonds. The van der Waals surface area contributed by atoms with E-state index in [1.165, 1.54) is 22.9 Å². The van der Waals surface area contributed by atoms with E-state index in [0.29, 0.717) is 11.1 Å². The molecule has 4 heteroatoms. The molecule has 22 heavy (non-hydrogen) atoms. The standard InChI is InChI=1S/C18H21ClN2S/c1-3-13(2)15-6-10-17(11-7-15)21-18(20)22-12-14-4-8-16(19)9-5-14/h4-11,13H,3,12H2,1-2H3,(H2,20,21)/t13-/m0/s1. The van der Waals surface area contributed by atoms with Gasteiger partial charge in [-0.1, -0.05) is 61.5 Å². The van der Waals surface area contributed by atoms with Crippen LogP contribution in [-0.2, 0) is 5.75 Å². The lowest BCUT2D eigenvalue weighted by molar-refractivity contribution is 0.734. The lowest BCUT2D eigenvalue weighted by Crippen LogP contribution is -2.06. The first-order valence-corrected chi connectivity index (χ1v) is 8.76. The molecule has 2 N–H and O–H groups in total. The lowest BCUT2D eigenvalue weighted by Gasteiger charge is -2.08. The Morgan fingerprint density at radius 3 is 2.36 bits per heavy atom. The summed E-state index contributed by atoms with van der Waals surface area (Å²) >= 11 is 7.40. The first-order valence-electron chi connectivity index (χ1n) is 7.40. The van der Waals surface area contributed by atoms with Crippen molar-refractivity contribution in [2.45, 2.75) is 31.9 Å². The molecule has 116 valence electrons. The lowest BCUT2D eigenvalue weighted by atomic mass is 9.99. The average molecular weight is 333 g/mol. The maximum Gasteiger partial charge on any atom is 0.159 e. The van der Waals surface area contributed by atoms with Crippen LogP contribution < -0.4 is 5.73 Å². The van der Waals surface area contributed by atoms with Gasteiger partial charge in [0.1, 0.15) is 0 Å². The van der Waals surface area contributed by atoms with Crippen LogP contribution in [0.1, 0.15) is 37.3 Å². The van der Waals surface area contributed by atoms with Crippen molar-refractivity contribution in [3.63, 3.8) is 0 Å². The van der Waals surface area contributed by atoms with Crippen molar-refractivity contribution in [3.8, 4) is 0 Å². The number of nitrogens with zero attached hydrogens (tertiary/aromatic N) is 1. The minimum absolute atomic E-state index is 0.575. The second-order valence-corrected chi connectivity index (χ2v) is 6.70. The van der Waals surface area contributed by atoms with Crippen LogP contribution in [0.3, 0.4) is 0 Å². The van der Waals surface area contributed by atoms with E-state index < -0.39 is 0 Å². The van der Waals surface area contributed by atoms with Gasteiger partial charge in [-0.25, -0.2) is 4.99 Å². The highest BCUT2D eigenvalue weighted by Gasteiger charge is 2.03. The first-order chi connectivity index (χ1) is 10.6. The Hall–Kier alpha value is -1.45. The number of hydrogen-bond donors (Lipinski definition) is 1. The number of rotatable bonds is 5. The third-order valence-corrected chi connectivity index (χ3v) is 4.73. The topological polar surface area (TPSA) is 38.4 Å². The molecule has 0 heterocycles. The molecule has 0 saturated carbocycles. The van der Waals surface area contributed by atoms with Crippen LogP contribution in [0, 0.1) is 0 Å². The third-order valence-electron chi connectivity index (χ3n) is 3.61. The van der Waals surface area contributed by atoms with Crippen molar-refractivity contribution in [1.29, 1.82) is 0 Å². The molecule has 2 aromatic rings. The normalized spacial score (nSPS) is 13.1. The molecule has 1 atom stereocenters. The Kier molecular flexibility index (Phi) is 6.34. The van der Waals surface area contributed by atoms with Crippen molar-refractivity contribution in [2.24, 2.45) is 10.7 Å². The van der Waals surface area contributed by atoms with Gasteiger partial charge in [-0.3, -0.25) is 0 Å².